The zero-order valence-corrected chi connectivity index (χ0v) is 21.4. The summed E-state index contributed by atoms with van der Waals surface area (Å²) in [6.07, 6.45) is -1.49. The highest BCUT2D eigenvalue weighted by Crippen LogP contribution is 2.46. The van der Waals surface area contributed by atoms with Crippen LogP contribution in [0.2, 0.25) is 0 Å². The standard InChI is InChI=1S/C24H32N2O2S.C2HF3O2/c1-3-26(4-2)23(27)16-19-17-24(28-22-10-6-5-9-21(19)22)11-13-25(14-12-24)18-20-8-7-15-29-20;3-2(4,5)1(6)7/h5-10,15,19H,3-4,11-14,16-18H2,1-2H3;(H,6,7). The van der Waals surface area contributed by atoms with Crippen LogP contribution in [-0.2, 0) is 16.1 Å². The highest BCUT2D eigenvalue weighted by Gasteiger charge is 2.43. The van der Waals surface area contributed by atoms with Crippen molar-refractivity contribution in [3.63, 3.8) is 0 Å². The second-order valence-electron chi connectivity index (χ2n) is 9.15. The van der Waals surface area contributed by atoms with Crippen LogP contribution < -0.4 is 4.74 Å². The van der Waals surface area contributed by atoms with Crippen molar-refractivity contribution in [2.24, 2.45) is 0 Å². The predicted molar refractivity (Wildman–Crippen MR) is 132 cm³/mol. The summed E-state index contributed by atoms with van der Waals surface area (Å²) >= 11 is 1.83. The molecule has 2 aliphatic heterocycles. The van der Waals surface area contributed by atoms with Gasteiger partial charge in [0.2, 0.25) is 5.91 Å². The molecule has 36 heavy (non-hydrogen) atoms. The maximum Gasteiger partial charge on any atom is 0.490 e. The number of fused-ring (bicyclic) bond motifs is 1. The van der Waals surface area contributed by atoms with Crippen molar-refractivity contribution in [3.05, 3.63) is 52.2 Å². The van der Waals surface area contributed by atoms with Crippen molar-refractivity contribution < 1.29 is 32.6 Å². The van der Waals surface area contributed by atoms with E-state index in [0.717, 1.165) is 57.7 Å². The monoisotopic (exact) mass is 526 g/mol. The molecule has 0 aliphatic carbocycles. The summed E-state index contributed by atoms with van der Waals surface area (Å²) < 4.78 is 38.4. The third kappa shape index (κ3) is 7.22. The van der Waals surface area contributed by atoms with E-state index in [1.807, 2.05) is 22.3 Å². The number of halogens is 3. The first-order chi connectivity index (χ1) is 17.1. The van der Waals surface area contributed by atoms with E-state index in [9.17, 15) is 18.0 Å². The number of carbonyl (C=O) groups excluding carboxylic acids is 1. The molecule has 1 spiro atoms. The smallest absolute Gasteiger partial charge is 0.487 e. The largest absolute Gasteiger partial charge is 0.490 e. The molecule has 0 bridgehead atoms. The molecule has 2 aliphatic rings. The fourth-order valence-electron chi connectivity index (χ4n) is 4.89. The molecule has 198 valence electrons. The zero-order chi connectivity index (χ0) is 26.3. The van der Waals surface area contributed by atoms with Gasteiger partial charge < -0.3 is 14.7 Å². The Morgan fingerprint density at radius 3 is 2.33 bits per heavy atom. The number of alkyl halides is 3. The van der Waals surface area contributed by atoms with Gasteiger partial charge in [-0.3, -0.25) is 9.69 Å². The van der Waals surface area contributed by atoms with Crippen LogP contribution in [0.5, 0.6) is 5.75 Å². The Balaban J connectivity index is 0.000000454. The summed E-state index contributed by atoms with van der Waals surface area (Å²) in [6.45, 7) is 8.82. The molecular formula is C26H33F3N2O4S. The van der Waals surface area contributed by atoms with Gasteiger partial charge in [0.25, 0.3) is 0 Å². The molecule has 1 atom stereocenters. The Hall–Kier alpha value is -2.59. The van der Waals surface area contributed by atoms with Gasteiger partial charge in [-0.25, -0.2) is 4.79 Å². The van der Waals surface area contributed by atoms with Crippen molar-refractivity contribution in [1.29, 1.82) is 0 Å². The van der Waals surface area contributed by atoms with Gasteiger partial charge in [-0.1, -0.05) is 24.3 Å². The van der Waals surface area contributed by atoms with Crippen LogP contribution in [0.15, 0.2) is 41.8 Å². The maximum atomic E-state index is 12.9. The predicted octanol–water partition coefficient (Wildman–Crippen LogP) is 5.54. The number of thiophene rings is 1. The van der Waals surface area contributed by atoms with Crippen LogP contribution in [0, 0.1) is 0 Å². The molecule has 1 N–H and O–H groups in total. The second kappa shape index (κ2) is 12.1. The second-order valence-corrected chi connectivity index (χ2v) is 10.2. The van der Waals surface area contributed by atoms with Crippen molar-refractivity contribution in [1.82, 2.24) is 9.80 Å². The van der Waals surface area contributed by atoms with Crippen LogP contribution >= 0.6 is 11.3 Å². The summed E-state index contributed by atoms with van der Waals surface area (Å²) in [5, 5.41) is 9.28. The van der Waals surface area contributed by atoms with Crippen molar-refractivity contribution >= 4 is 23.2 Å². The van der Waals surface area contributed by atoms with Gasteiger partial charge in [0.15, 0.2) is 0 Å². The number of hydrogen-bond donors (Lipinski definition) is 1. The Morgan fingerprint density at radius 1 is 1.14 bits per heavy atom. The summed E-state index contributed by atoms with van der Waals surface area (Å²) in [6, 6.07) is 12.7. The quantitative estimate of drug-likeness (QED) is 0.535. The SMILES string of the molecule is CCN(CC)C(=O)CC1CC2(CCN(Cc3cccs3)CC2)Oc2ccccc21.O=C(O)C(F)(F)F. The third-order valence-corrected chi connectivity index (χ3v) is 7.67. The molecule has 6 nitrogen and oxygen atoms in total. The lowest BCUT2D eigenvalue weighted by Gasteiger charge is -2.47. The van der Waals surface area contributed by atoms with Gasteiger partial charge in [-0.05, 0) is 56.2 Å². The number of aliphatic carboxylic acids is 1. The zero-order valence-electron chi connectivity index (χ0n) is 20.6. The molecule has 1 aromatic carbocycles. The highest BCUT2D eigenvalue weighted by molar-refractivity contribution is 7.09. The Bertz CT molecular complexity index is 1000. The Labute approximate surface area is 213 Å². The first kappa shape index (κ1) is 28.0. The molecule has 2 aromatic rings. The molecule has 3 heterocycles. The number of amides is 1. The first-order valence-corrected chi connectivity index (χ1v) is 13.1. The number of carbonyl (C=O) groups is 2. The van der Waals surface area contributed by atoms with E-state index < -0.39 is 12.1 Å². The fourth-order valence-corrected chi connectivity index (χ4v) is 5.64. The molecule has 1 aromatic heterocycles. The summed E-state index contributed by atoms with van der Waals surface area (Å²) in [4.78, 5) is 27.7. The molecule has 10 heteroatoms. The number of nitrogens with zero attached hydrogens (tertiary/aromatic N) is 2. The minimum atomic E-state index is -5.08. The number of piperidine rings is 1. The number of carboxylic acids is 1. The summed E-state index contributed by atoms with van der Waals surface area (Å²) in [7, 11) is 0. The molecule has 4 rings (SSSR count). The summed E-state index contributed by atoms with van der Waals surface area (Å²) in [5.74, 6) is -1.26. The molecule has 0 radical (unpaired) electrons. The van der Waals surface area contributed by atoms with Gasteiger partial charge in [-0.15, -0.1) is 11.3 Å². The summed E-state index contributed by atoms with van der Waals surface area (Å²) in [5.41, 5.74) is 1.08. The lowest BCUT2D eigenvalue weighted by atomic mass is 9.76. The van der Waals surface area contributed by atoms with Crippen LogP contribution in [0.3, 0.4) is 0 Å². The molecule has 1 unspecified atom stereocenters. The van der Waals surface area contributed by atoms with Crippen LogP contribution in [0.1, 0.15) is 55.9 Å². The number of para-hydroxylation sites is 1. The van der Waals surface area contributed by atoms with Crippen molar-refractivity contribution in [2.45, 2.75) is 63.8 Å². The topological polar surface area (TPSA) is 70.1 Å². The van der Waals surface area contributed by atoms with Crippen LogP contribution in [-0.4, -0.2) is 64.7 Å². The van der Waals surface area contributed by atoms with E-state index in [2.05, 4.69) is 54.5 Å². The Morgan fingerprint density at radius 2 is 1.78 bits per heavy atom. The van der Waals surface area contributed by atoms with Gasteiger partial charge >= 0.3 is 12.1 Å². The lowest BCUT2D eigenvalue weighted by Crippen LogP contribution is -2.50. The molecule has 1 saturated heterocycles. The lowest BCUT2D eigenvalue weighted by molar-refractivity contribution is -0.192. The van der Waals surface area contributed by atoms with Gasteiger partial charge in [0.05, 0.1) is 0 Å². The normalized spacial score (nSPS) is 19.0. The molecule has 1 fully saturated rings. The average Bonchev–Trinajstić information content (AvgIpc) is 3.34. The average molecular weight is 527 g/mol. The van der Waals surface area contributed by atoms with Crippen molar-refractivity contribution in [3.8, 4) is 5.75 Å². The van der Waals surface area contributed by atoms with E-state index in [4.69, 9.17) is 14.6 Å². The number of ether oxygens (including phenoxy) is 1. The van der Waals surface area contributed by atoms with Gasteiger partial charge in [-0.2, -0.15) is 13.2 Å². The van der Waals surface area contributed by atoms with E-state index in [1.54, 1.807) is 0 Å². The highest BCUT2D eigenvalue weighted by atomic mass is 32.1. The van der Waals surface area contributed by atoms with Gasteiger partial charge in [0.1, 0.15) is 11.4 Å². The Kier molecular flexibility index (Phi) is 9.41. The number of carboxylic acid groups (broad SMARTS) is 1. The minimum Gasteiger partial charge on any atom is -0.487 e. The molecule has 0 saturated carbocycles. The third-order valence-electron chi connectivity index (χ3n) is 6.81. The first-order valence-electron chi connectivity index (χ1n) is 12.2. The minimum absolute atomic E-state index is 0.130. The van der Waals surface area contributed by atoms with Gasteiger partial charge in [0, 0.05) is 49.9 Å². The molecule has 1 amide bonds. The maximum absolute atomic E-state index is 12.9. The molecular weight excluding hydrogens is 493 g/mol. The van der Waals surface area contributed by atoms with E-state index in [-0.39, 0.29) is 17.4 Å². The van der Waals surface area contributed by atoms with E-state index in [1.165, 1.54) is 10.4 Å². The number of likely N-dealkylation sites (tertiary alicyclic amines) is 1. The number of benzene rings is 1. The number of rotatable bonds is 6. The number of hydrogen-bond acceptors (Lipinski definition) is 5. The van der Waals surface area contributed by atoms with E-state index >= 15 is 0 Å². The van der Waals surface area contributed by atoms with Crippen LogP contribution in [0.25, 0.3) is 0 Å². The fraction of sp³-hybridized carbons (Fsp3) is 0.538. The van der Waals surface area contributed by atoms with E-state index in [0.29, 0.717) is 6.42 Å². The van der Waals surface area contributed by atoms with Crippen molar-refractivity contribution in [2.75, 3.05) is 26.2 Å². The van der Waals surface area contributed by atoms with Crippen LogP contribution in [0.4, 0.5) is 13.2 Å².